The van der Waals surface area contributed by atoms with E-state index in [4.69, 9.17) is 4.74 Å². The van der Waals surface area contributed by atoms with Crippen LogP contribution in [-0.4, -0.2) is 22.9 Å². The first-order valence-corrected chi connectivity index (χ1v) is 7.31. The molecule has 3 rings (SSSR count). The Kier molecular flexibility index (Phi) is 4.02. The van der Waals surface area contributed by atoms with Gasteiger partial charge in [0.05, 0.1) is 18.4 Å². The Morgan fingerprint density at radius 1 is 1.30 bits per heavy atom. The van der Waals surface area contributed by atoms with Gasteiger partial charge in [-0.1, -0.05) is 24.6 Å². The van der Waals surface area contributed by atoms with Gasteiger partial charge in [-0.2, -0.15) is 5.10 Å². The molecule has 2 heterocycles. The van der Waals surface area contributed by atoms with Gasteiger partial charge in [-0.25, -0.2) is 0 Å². The average Bonchev–Trinajstić information content (AvgIpc) is 2.74. The van der Waals surface area contributed by atoms with Crippen molar-refractivity contribution in [2.45, 2.75) is 32.2 Å². The lowest BCUT2D eigenvalue weighted by molar-refractivity contribution is 0.418. The summed E-state index contributed by atoms with van der Waals surface area (Å²) in [6, 6.07) is 8.48. The summed E-state index contributed by atoms with van der Waals surface area (Å²) in [7, 11) is 0. The van der Waals surface area contributed by atoms with Crippen LogP contribution in [0, 0.1) is 6.92 Å². The van der Waals surface area contributed by atoms with Gasteiger partial charge in [-0.15, -0.1) is 0 Å². The fourth-order valence-electron chi connectivity index (χ4n) is 2.60. The summed E-state index contributed by atoms with van der Waals surface area (Å²) in [5.74, 6) is 1.70. The summed E-state index contributed by atoms with van der Waals surface area (Å²) in [6.45, 7) is 4.16. The van der Waals surface area contributed by atoms with Crippen molar-refractivity contribution in [3.63, 3.8) is 0 Å². The molecule has 0 bridgehead atoms. The van der Waals surface area contributed by atoms with E-state index < -0.39 is 0 Å². The monoisotopic (exact) mass is 271 g/mol. The van der Waals surface area contributed by atoms with Crippen LogP contribution in [0.15, 0.2) is 36.7 Å². The van der Waals surface area contributed by atoms with Gasteiger partial charge in [0.15, 0.2) is 5.75 Å². The van der Waals surface area contributed by atoms with Crippen molar-refractivity contribution in [2.24, 2.45) is 0 Å². The van der Waals surface area contributed by atoms with Gasteiger partial charge in [-0.3, -0.25) is 4.68 Å². The maximum atomic E-state index is 5.91. The van der Waals surface area contributed by atoms with Crippen LogP contribution >= 0.6 is 0 Å². The van der Waals surface area contributed by atoms with E-state index in [0.717, 1.165) is 30.2 Å². The minimum Gasteiger partial charge on any atom is -0.454 e. The first kappa shape index (κ1) is 13.2. The second kappa shape index (κ2) is 6.09. The highest BCUT2D eigenvalue weighted by Gasteiger charge is 2.15. The van der Waals surface area contributed by atoms with Crippen LogP contribution in [0.1, 0.15) is 30.9 Å². The SMILES string of the molecule is Cc1ccccc1Oc1cnn(C2CCCCNC2)c1. The quantitative estimate of drug-likeness (QED) is 0.931. The molecule has 1 N–H and O–H groups in total. The third-order valence-corrected chi connectivity index (χ3v) is 3.79. The zero-order valence-corrected chi connectivity index (χ0v) is 11.9. The first-order valence-electron chi connectivity index (χ1n) is 7.31. The molecular weight excluding hydrogens is 250 g/mol. The Hall–Kier alpha value is -1.81. The summed E-state index contributed by atoms with van der Waals surface area (Å²) >= 11 is 0. The van der Waals surface area contributed by atoms with Crippen LogP contribution in [0.4, 0.5) is 0 Å². The molecule has 20 heavy (non-hydrogen) atoms. The van der Waals surface area contributed by atoms with E-state index in [1.807, 2.05) is 29.1 Å². The van der Waals surface area contributed by atoms with Crippen molar-refractivity contribution in [3.8, 4) is 11.5 Å². The molecule has 4 heteroatoms. The highest BCUT2D eigenvalue weighted by molar-refractivity contribution is 5.35. The van der Waals surface area contributed by atoms with Crippen LogP contribution in [0.25, 0.3) is 0 Å². The van der Waals surface area contributed by atoms with Crippen molar-refractivity contribution < 1.29 is 4.74 Å². The smallest absolute Gasteiger partial charge is 0.165 e. The van der Waals surface area contributed by atoms with Gasteiger partial charge in [0, 0.05) is 6.54 Å². The molecular formula is C16H21N3O. The van der Waals surface area contributed by atoms with Crippen molar-refractivity contribution in [2.75, 3.05) is 13.1 Å². The van der Waals surface area contributed by atoms with Gasteiger partial charge in [0.1, 0.15) is 5.75 Å². The third kappa shape index (κ3) is 3.02. The average molecular weight is 271 g/mol. The molecule has 1 aliphatic heterocycles. The third-order valence-electron chi connectivity index (χ3n) is 3.79. The zero-order valence-electron chi connectivity index (χ0n) is 11.9. The van der Waals surface area contributed by atoms with Gasteiger partial charge < -0.3 is 10.1 Å². The first-order chi connectivity index (χ1) is 9.83. The fourth-order valence-corrected chi connectivity index (χ4v) is 2.60. The number of nitrogens with one attached hydrogen (secondary N) is 1. The second-order valence-electron chi connectivity index (χ2n) is 5.38. The van der Waals surface area contributed by atoms with Crippen LogP contribution in [0.3, 0.4) is 0 Å². The predicted octanol–water partition coefficient (Wildman–Crippen LogP) is 3.30. The number of hydrogen-bond acceptors (Lipinski definition) is 3. The minimum absolute atomic E-state index is 0.437. The molecule has 1 aromatic heterocycles. The van der Waals surface area contributed by atoms with Crippen molar-refractivity contribution in [3.05, 3.63) is 42.2 Å². The van der Waals surface area contributed by atoms with Crippen molar-refractivity contribution in [1.29, 1.82) is 0 Å². The molecule has 0 saturated carbocycles. The van der Waals surface area contributed by atoms with Crippen LogP contribution < -0.4 is 10.1 Å². The maximum Gasteiger partial charge on any atom is 0.165 e. The Balaban J connectivity index is 1.71. The number of aryl methyl sites for hydroxylation is 1. The van der Waals surface area contributed by atoms with Crippen molar-refractivity contribution >= 4 is 0 Å². The van der Waals surface area contributed by atoms with E-state index >= 15 is 0 Å². The lowest BCUT2D eigenvalue weighted by Crippen LogP contribution is -2.23. The highest BCUT2D eigenvalue weighted by atomic mass is 16.5. The number of rotatable bonds is 3. The molecule has 2 aromatic rings. The number of aromatic nitrogens is 2. The predicted molar refractivity (Wildman–Crippen MR) is 79.2 cm³/mol. The molecule has 0 aliphatic carbocycles. The highest BCUT2D eigenvalue weighted by Crippen LogP contribution is 2.25. The Bertz CT molecular complexity index is 556. The van der Waals surface area contributed by atoms with Gasteiger partial charge in [0.25, 0.3) is 0 Å². The zero-order chi connectivity index (χ0) is 13.8. The second-order valence-corrected chi connectivity index (χ2v) is 5.38. The molecule has 1 fully saturated rings. The van der Waals surface area contributed by atoms with E-state index in [0.29, 0.717) is 6.04 Å². The lowest BCUT2D eigenvalue weighted by atomic mass is 10.1. The van der Waals surface area contributed by atoms with Gasteiger partial charge in [0.2, 0.25) is 0 Å². The maximum absolute atomic E-state index is 5.91. The number of hydrogen-bond donors (Lipinski definition) is 1. The van der Waals surface area contributed by atoms with Crippen LogP contribution in [-0.2, 0) is 0 Å². The number of benzene rings is 1. The molecule has 1 unspecified atom stereocenters. The van der Waals surface area contributed by atoms with E-state index in [1.54, 1.807) is 6.20 Å². The van der Waals surface area contributed by atoms with Crippen molar-refractivity contribution in [1.82, 2.24) is 15.1 Å². The number of ether oxygens (including phenoxy) is 1. The molecule has 1 atom stereocenters. The topological polar surface area (TPSA) is 39.1 Å². The molecule has 106 valence electrons. The van der Waals surface area contributed by atoms with E-state index in [1.165, 1.54) is 19.3 Å². The molecule has 1 aromatic carbocycles. The molecule has 0 spiro atoms. The molecule has 4 nitrogen and oxygen atoms in total. The Labute approximate surface area is 119 Å². The van der Waals surface area contributed by atoms with E-state index in [2.05, 4.69) is 23.4 Å². The number of nitrogens with zero attached hydrogens (tertiary/aromatic N) is 2. The summed E-state index contributed by atoms with van der Waals surface area (Å²) in [5.41, 5.74) is 1.14. The van der Waals surface area contributed by atoms with Crippen LogP contribution in [0.2, 0.25) is 0 Å². The minimum atomic E-state index is 0.437. The largest absolute Gasteiger partial charge is 0.454 e. The molecule has 0 radical (unpaired) electrons. The molecule has 0 amide bonds. The standard InChI is InChI=1S/C16H21N3O/c1-13-6-2-3-8-16(13)20-15-11-18-19(12-15)14-7-4-5-9-17-10-14/h2-3,6,8,11-12,14,17H,4-5,7,9-10H2,1H3. The number of para-hydroxylation sites is 1. The van der Waals surface area contributed by atoms with E-state index in [9.17, 15) is 0 Å². The normalized spacial score (nSPS) is 19.6. The Morgan fingerprint density at radius 3 is 3.10 bits per heavy atom. The van der Waals surface area contributed by atoms with Crippen LogP contribution in [0.5, 0.6) is 11.5 Å². The molecule has 1 saturated heterocycles. The summed E-state index contributed by atoms with van der Waals surface area (Å²) in [4.78, 5) is 0. The summed E-state index contributed by atoms with van der Waals surface area (Å²) in [5, 5.41) is 7.92. The van der Waals surface area contributed by atoms with E-state index in [-0.39, 0.29) is 0 Å². The fraction of sp³-hybridized carbons (Fsp3) is 0.438. The Morgan fingerprint density at radius 2 is 2.20 bits per heavy atom. The lowest BCUT2D eigenvalue weighted by Gasteiger charge is -2.14. The van der Waals surface area contributed by atoms with Gasteiger partial charge in [-0.05, 0) is 37.9 Å². The molecule has 1 aliphatic rings. The summed E-state index contributed by atoms with van der Waals surface area (Å²) < 4.78 is 7.94. The summed E-state index contributed by atoms with van der Waals surface area (Å²) in [6.07, 6.45) is 7.50. The van der Waals surface area contributed by atoms with Gasteiger partial charge >= 0.3 is 0 Å².